The molecular weight excluding hydrogens is 362 g/mol. The van der Waals surface area contributed by atoms with E-state index in [1.54, 1.807) is 51.7 Å². The van der Waals surface area contributed by atoms with Crippen LogP contribution in [-0.4, -0.2) is 47.9 Å². The second kappa shape index (κ2) is 8.85. The quantitative estimate of drug-likeness (QED) is 0.613. The Labute approximate surface area is 162 Å². The molecule has 0 saturated heterocycles. The lowest BCUT2D eigenvalue weighted by atomic mass is 9.96. The van der Waals surface area contributed by atoms with Gasteiger partial charge in [0.05, 0.1) is 21.3 Å². The third-order valence-electron chi connectivity index (χ3n) is 4.24. The minimum Gasteiger partial charge on any atom is -0.497 e. The van der Waals surface area contributed by atoms with Gasteiger partial charge in [-0.3, -0.25) is 4.79 Å². The molecule has 1 unspecified atom stereocenters. The molecule has 2 aromatic carbocycles. The van der Waals surface area contributed by atoms with E-state index in [9.17, 15) is 4.79 Å². The number of aromatic nitrogens is 4. The molecule has 0 aliphatic heterocycles. The third-order valence-corrected chi connectivity index (χ3v) is 4.24. The Morgan fingerprint density at radius 1 is 1.11 bits per heavy atom. The topological polar surface area (TPSA) is 111 Å². The normalized spacial score (nSPS) is 11.5. The van der Waals surface area contributed by atoms with E-state index in [4.69, 9.17) is 14.2 Å². The first-order valence-electron chi connectivity index (χ1n) is 8.54. The highest BCUT2D eigenvalue weighted by atomic mass is 16.5. The van der Waals surface area contributed by atoms with Gasteiger partial charge in [-0.25, -0.2) is 0 Å². The first kappa shape index (κ1) is 19.2. The van der Waals surface area contributed by atoms with E-state index in [1.807, 2.05) is 12.1 Å². The molecule has 3 rings (SSSR count). The summed E-state index contributed by atoms with van der Waals surface area (Å²) in [6.45, 7) is 0. The number of hydrogen-bond acceptors (Lipinski definition) is 7. The highest BCUT2D eigenvalue weighted by Gasteiger charge is 2.27. The third kappa shape index (κ3) is 4.20. The number of nitrogens with zero attached hydrogens (tertiary/aromatic N) is 3. The zero-order valence-corrected chi connectivity index (χ0v) is 15.8. The van der Waals surface area contributed by atoms with Crippen LogP contribution in [0.4, 0.5) is 5.69 Å². The van der Waals surface area contributed by atoms with Gasteiger partial charge in [0.2, 0.25) is 5.91 Å². The van der Waals surface area contributed by atoms with Crippen LogP contribution in [0.1, 0.15) is 17.3 Å². The van der Waals surface area contributed by atoms with Crippen molar-refractivity contribution in [3.05, 3.63) is 53.9 Å². The molecular formula is C19H21N5O4. The van der Waals surface area contributed by atoms with E-state index in [1.165, 1.54) is 0 Å². The van der Waals surface area contributed by atoms with Crippen LogP contribution in [0.2, 0.25) is 0 Å². The van der Waals surface area contributed by atoms with Crippen LogP contribution in [0.25, 0.3) is 0 Å². The lowest BCUT2D eigenvalue weighted by Gasteiger charge is -2.17. The monoisotopic (exact) mass is 383 g/mol. The van der Waals surface area contributed by atoms with Crippen molar-refractivity contribution < 1.29 is 19.0 Å². The van der Waals surface area contributed by atoms with Crippen LogP contribution in [0.3, 0.4) is 0 Å². The maximum atomic E-state index is 13.0. The number of tetrazole rings is 1. The number of ether oxygens (including phenoxy) is 3. The van der Waals surface area contributed by atoms with Crippen LogP contribution >= 0.6 is 0 Å². The minimum absolute atomic E-state index is 0.278. The van der Waals surface area contributed by atoms with Gasteiger partial charge in [-0.2, -0.15) is 5.21 Å². The van der Waals surface area contributed by atoms with E-state index in [-0.39, 0.29) is 11.7 Å². The van der Waals surface area contributed by atoms with Crippen molar-refractivity contribution in [3.8, 4) is 17.2 Å². The molecule has 1 aromatic heterocycles. The fraction of sp³-hybridized carbons (Fsp3) is 0.263. The number of aromatic amines is 1. The van der Waals surface area contributed by atoms with Gasteiger partial charge in [0.25, 0.3) is 0 Å². The number of anilines is 1. The van der Waals surface area contributed by atoms with Gasteiger partial charge in [0.15, 0.2) is 17.3 Å². The smallest absolute Gasteiger partial charge is 0.235 e. The van der Waals surface area contributed by atoms with E-state index in [2.05, 4.69) is 25.9 Å². The summed E-state index contributed by atoms with van der Waals surface area (Å²) in [5, 5.41) is 16.9. The molecule has 3 aromatic rings. The van der Waals surface area contributed by atoms with Crippen LogP contribution in [0.15, 0.2) is 42.5 Å². The van der Waals surface area contributed by atoms with Gasteiger partial charge in [0, 0.05) is 11.8 Å². The van der Waals surface area contributed by atoms with E-state index >= 15 is 0 Å². The summed E-state index contributed by atoms with van der Waals surface area (Å²) >= 11 is 0. The SMILES string of the molecule is COc1cccc(NC(=O)C(Cc2cccc(OC)c2OC)c2nn[nH]n2)c1. The second-order valence-electron chi connectivity index (χ2n) is 5.90. The standard InChI is InChI=1S/C19H21N5O4/c1-26-14-8-5-7-13(11-14)20-19(25)15(18-21-23-24-22-18)10-12-6-4-9-16(27-2)17(12)28-3/h4-9,11,15H,10H2,1-3H3,(H,20,25)(H,21,22,23,24). The highest BCUT2D eigenvalue weighted by Crippen LogP contribution is 2.34. The molecule has 0 aliphatic carbocycles. The number of nitrogens with one attached hydrogen (secondary N) is 2. The van der Waals surface area contributed by atoms with Crippen molar-refractivity contribution in [1.82, 2.24) is 20.6 Å². The number of rotatable bonds is 8. The zero-order chi connectivity index (χ0) is 19.9. The van der Waals surface area contributed by atoms with Gasteiger partial charge >= 0.3 is 0 Å². The van der Waals surface area contributed by atoms with Crippen molar-refractivity contribution in [2.24, 2.45) is 0 Å². The summed E-state index contributed by atoms with van der Waals surface area (Å²) in [6, 6.07) is 12.6. The number of methoxy groups -OCH3 is 3. The Morgan fingerprint density at radius 2 is 1.93 bits per heavy atom. The number of hydrogen-bond donors (Lipinski definition) is 2. The Hall–Kier alpha value is -3.62. The van der Waals surface area contributed by atoms with Crippen LogP contribution in [0, 0.1) is 0 Å². The Kier molecular flexibility index (Phi) is 6.05. The molecule has 9 heteroatoms. The fourth-order valence-corrected chi connectivity index (χ4v) is 2.88. The summed E-state index contributed by atoms with van der Waals surface area (Å²) < 4.78 is 16.0. The number of carbonyl (C=O) groups is 1. The molecule has 0 saturated carbocycles. The first-order valence-corrected chi connectivity index (χ1v) is 8.54. The molecule has 1 atom stereocenters. The molecule has 146 valence electrons. The largest absolute Gasteiger partial charge is 0.497 e. The molecule has 0 fully saturated rings. The van der Waals surface area contributed by atoms with Gasteiger partial charge in [0.1, 0.15) is 11.7 Å². The minimum atomic E-state index is -0.689. The highest BCUT2D eigenvalue weighted by molar-refractivity contribution is 5.95. The maximum absolute atomic E-state index is 13.0. The van der Waals surface area contributed by atoms with Crippen molar-refractivity contribution in [2.45, 2.75) is 12.3 Å². The number of amides is 1. The lowest BCUT2D eigenvalue weighted by molar-refractivity contribution is -0.117. The average Bonchev–Trinajstić information content (AvgIpc) is 3.26. The van der Waals surface area contributed by atoms with Crippen molar-refractivity contribution >= 4 is 11.6 Å². The summed E-state index contributed by atoms with van der Waals surface area (Å²) in [5.74, 6) is 1.10. The molecule has 1 heterocycles. The number of H-pyrrole nitrogens is 1. The number of benzene rings is 2. The van der Waals surface area contributed by atoms with Gasteiger partial charge < -0.3 is 19.5 Å². The summed E-state index contributed by atoms with van der Waals surface area (Å²) in [6.07, 6.45) is 0.301. The van der Waals surface area contributed by atoms with E-state index in [0.29, 0.717) is 29.4 Å². The van der Waals surface area contributed by atoms with Gasteiger partial charge in [-0.05, 0) is 30.2 Å². The Morgan fingerprint density at radius 3 is 2.61 bits per heavy atom. The molecule has 0 bridgehead atoms. The molecule has 0 spiro atoms. The first-order chi connectivity index (χ1) is 13.7. The van der Waals surface area contributed by atoms with Crippen molar-refractivity contribution in [2.75, 3.05) is 26.6 Å². The maximum Gasteiger partial charge on any atom is 0.235 e. The molecule has 9 nitrogen and oxygen atoms in total. The van der Waals surface area contributed by atoms with E-state index in [0.717, 1.165) is 5.56 Å². The molecule has 1 amide bonds. The fourth-order valence-electron chi connectivity index (χ4n) is 2.88. The lowest BCUT2D eigenvalue weighted by Crippen LogP contribution is -2.24. The Bertz CT molecular complexity index is 930. The molecule has 0 aliphatic rings. The molecule has 28 heavy (non-hydrogen) atoms. The van der Waals surface area contributed by atoms with Crippen LogP contribution in [-0.2, 0) is 11.2 Å². The van der Waals surface area contributed by atoms with Gasteiger partial charge in [-0.15, -0.1) is 10.2 Å². The molecule has 2 N–H and O–H groups in total. The second-order valence-corrected chi connectivity index (χ2v) is 5.90. The summed E-state index contributed by atoms with van der Waals surface area (Å²) in [4.78, 5) is 13.0. The van der Waals surface area contributed by atoms with Crippen molar-refractivity contribution in [3.63, 3.8) is 0 Å². The van der Waals surface area contributed by atoms with Crippen LogP contribution in [0.5, 0.6) is 17.2 Å². The summed E-state index contributed by atoms with van der Waals surface area (Å²) in [5.41, 5.74) is 1.40. The number of carbonyl (C=O) groups excluding carboxylic acids is 1. The van der Waals surface area contributed by atoms with Crippen LogP contribution < -0.4 is 19.5 Å². The Balaban J connectivity index is 1.89. The van der Waals surface area contributed by atoms with E-state index < -0.39 is 5.92 Å². The number of para-hydroxylation sites is 1. The van der Waals surface area contributed by atoms with Gasteiger partial charge in [-0.1, -0.05) is 23.4 Å². The predicted molar refractivity (Wildman–Crippen MR) is 102 cm³/mol. The summed E-state index contributed by atoms with van der Waals surface area (Å²) in [7, 11) is 4.69. The average molecular weight is 383 g/mol. The zero-order valence-electron chi connectivity index (χ0n) is 15.8. The van der Waals surface area contributed by atoms with Crippen molar-refractivity contribution in [1.29, 1.82) is 0 Å². The molecule has 0 radical (unpaired) electrons. The predicted octanol–water partition coefficient (Wildman–Crippen LogP) is 2.19.